The zero-order valence-electron chi connectivity index (χ0n) is 10.1. The maximum atomic E-state index is 4.92. The second-order valence-electron chi connectivity index (χ2n) is 2.79. The minimum atomic E-state index is 0.691. The summed E-state index contributed by atoms with van der Waals surface area (Å²) in [5, 5.41) is 3.12. The maximum absolute atomic E-state index is 4.92. The number of hydrogen-bond donors (Lipinski definition) is 1. The number of aryl methyl sites for hydroxylation is 1. The highest BCUT2D eigenvalue weighted by Crippen LogP contribution is 1.98. The van der Waals surface area contributed by atoms with Gasteiger partial charge in [-0.2, -0.15) is 0 Å². The first-order valence-electron chi connectivity index (χ1n) is 5.35. The van der Waals surface area contributed by atoms with Crippen LogP contribution in [0.2, 0.25) is 0 Å². The minimum Gasteiger partial charge on any atom is -0.385 e. The summed E-state index contributed by atoms with van der Waals surface area (Å²) in [4.78, 5) is 8.28. The van der Waals surface area contributed by atoms with E-state index in [1.165, 1.54) is 0 Å². The van der Waals surface area contributed by atoms with Crippen molar-refractivity contribution in [1.29, 1.82) is 0 Å². The third-order valence-electron chi connectivity index (χ3n) is 1.60. The van der Waals surface area contributed by atoms with E-state index in [2.05, 4.69) is 15.3 Å². The molecule has 86 valence electrons. The van der Waals surface area contributed by atoms with Gasteiger partial charge in [-0.15, -0.1) is 0 Å². The van der Waals surface area contributed by atoms with E-state index >= 15 is 0 Å². The first-order valence-corrected chi connectivity index (χ1v) is 5.35. The van der Waals surface area contributed by atoms with Crippen LogP contribution in [0.3, 0.4) is 0 Å². The highest BCUT2D eigenvalue weighted by molar-refractivity contribution is 5.24. The lowest BCUT2D eigenvalue weighted by Crippen LogP contribution is -2.07. The number of aromatic nitrogens is 2. The fourth-order valence-corrected chi connectivity index (χ4v) is 0.951. The van der Waals surface area contributed by atoms with Gasteiger partial charge in [-0.1, -0.05) is 13.8 Å². The molecule has 15 heavy (non-hydrogen) atoms. The SMILES string of the molecule is CC.COCCCNc1nccc(C)n1. The monoisotopic (exact) mass is 211 g/mol. The molecule has 0 radical (unpaired) electrons. The molecule has 4 nitrogen and oxygen atoms in total. The number of anilines is 1. The lowest BCUT2D eigenvalue weighted by molar-refractivity contribution is 0.197. The van der Waals surface area contributed by atoms with E-state index in [0.29, 0.717) is 5.95 Å². The largest absolute Gasteiger partial charge is 0.385 e. The van der Waals surface area contributed by atoms with E-state index in [-0.39, 0.29) is 0 Å². The number of hydrogen-bond acceptors (Lipinski definition) is 4. The summed E-state index contributed by atoms with van der Waals surface area (Å²) in [6.45, 7) is 7.55. The molecule has 4 heteroatoms. The van der Waals surface area contributed by atoms with Gasteiger partial charge in [0.25, 0.3) is 0 Å². The molecule has 0 unspecified atom stereocenters. The molecular weight excluding hydrogens is 190 g/mol. The molecule has 1 heterocycles. The van der Waals surface area contributed by atoms with E-state index < -0.39 is 0 Å². The molecule has 1 N–H and O–H groups in total. The van der Waals surface area contributed by atoms with Crippen LogP contribution in [0.1, 0.15) is 26.0 Å². The van der Waals surface area contributed by atoms with Gasteiger partial charge in [0.05, 0.1) is 0 Å². The molecule has 0 saturated carbocycles. The van der Waals surface area contributed by atoms with Crippen molar-refractivity contribution < 1.29 is 4.74 Å². The molecule has 0 aliphatic rings. The predicted octanol–water partition coefficient (Wildman–Crippen LogP) is 2.26. The van der Waals surface area contributed by atoms with Crippen LogP contribution in [0.5, 0.6) is 0 Å². The molecule has 0 saturated heterocycles. The van der Waals surface area contributed by atoms with Crippen molar-refractivity contribution in [2.45, 2.75) is 27.2 Å². The molecule has 1 aromatic heterocycles. The molecule has 0 amide bonds. The summed E-state index contributed by atoms with van der Waals surface area (Å²) in [7, 11) is 1.70. The second-order valence-corrected chi connectivity index (χ2v) is 2.79. The van der Waals surface area contributed by atoms with Gasteiger partial charge >= 0.3 is 0 Å². The molecular formula is C11H21N3O. The van der Waals surface area contributed by atoms with Crippen LogP contribution >= 0.6 is 0 Å². The average Bonchev–Trinajstić information content (AvgIpc) is 2.27. The quantitative estimate of drug-likeness (QED) is 0.759. The van der Waals surface area contributed by atoms with Crippen LogP contribution in [0, 0.1) is 6.92 Å². The van der Waals surface area contributed by atoms with Gasteiger partial charge in [0.2, 0.25) is 5.95 Å². The molecule has 1 rings (SSSR count). The van der Waals surface area contributed by atoms with Gasteiger partial charge in [0, 0.05) is 32.2 Å². The van der Waals surface area contributed by atoms with E-state index in [0.717, 1.165) is 25.3 Å². The van der Waals surface area contributed by atoms with E-state index in [1.807, 2.05) is 26.8 Å². The van der Waals surface area contributed by atoms with Crippen molar-refractivity contribution in [3.8, 4) is 0 Å². The Hall–Kier alpha value is -1.16. The Morgan fingerprint density at radius 1 is 1.40 bits per heavy atom. The third kappa shape index (κ3) is 6.85. The number of rotatable bonds is 5. The smallest absolute Gasteiger partial charge is 0.222 e. The van der Waals surface area contributed by atoms with Gasteiger partial charge in [-0.05, 0) is 19.4 Å². The average molecular weight is 211 g/mol. The van der Waals surface area contributed by atoms with Gasteiger partial charge in [0.15, 0.2) is 0 Å². The van der Waals surface area contributed by atoms with E-state index in [1.54, 1.807) is 13.3 Å². The zero-order valence-corrected chi connectivity index (χ0v) is 10.1. The molecule has 0 aliphatic carbocycles. The van der Waals surface area contributed by atoms with Crippen molar-refractivity contribution in [2.75, 3.05) is 25.6 Å². The standard InChI is InChI=1S/C9H15N3O.C2H6/c1-8-4-6-11-9(12-8)10-5-3-7-13-2;1-2/h4,6H,3,5,7H2,1-2H3,(H,10,11,12);1-2H3. The Bertz CT molecular complexity index is 253. The molecule has 0 bridgehead atoms. The van der Waals surface area contributed by atoms with Gasteiger partial charge < -0.3 is 10.1 Å². The molecule has 0 fully saturated rings. The second kappa shape index (κ2) is 9.40. The van der Waals surface area contributed by atoms with Crippen LogP contribution in [0.4, 0.5) is 5.95 Å². The zero-order chi connectivity index (χ0) is 11.5. The highest BCUT2D eigenvalue weighted by atomic mass is 16.5. The topological polar surface area (TPSA) is 47.0 Å². The van der Waals surface area contributed by atoms with Crippen molar-refractivity contribution in [1.82, 2.24) is 9.97 Å². The molecule has 0 aliphatic heterocycles. The van der Waals surface area contributed by atoms with Crippen LogP contribution in [0.25, 0.3) is 0 Å². The minimum absolute atomic E-state index is 0.691. The first-order chi connectivity index (χ1) is 7.33. The third-order valence-corrected chi connectivity index (χ3v) is 1.60. The molecule has 0 atom stereocenters. The number of nitrogens with zero attached hydrogens (tertiary/aromatic N) is 2. The first kappa shape index (κ1) is 13.8. The van der Waals surface area contributed by atoms with Crippen LogP contribution in [0.15, 0.2) is 12.3 Å². The lowest BCUT2D eigenvalue weighted by Gasteiger charge is -2.03. The summed E-state index contributed by atoms with van der Waals surface area (Å²) in [6, 6.07) is 1.88. The number of ether oxygens (including phenoxy) is 1. The lowest BCUT2D eigenvalue weighted by atomic mass is 10.4. The van der Waals surface area contributed by atoms with Crippen molar-refractivity contribution in [3.63, 3.8) is 0 Å². The van der Waals surface area contributed by atoms with Crippen molar-refractivity contribution >= 4 is 5.95 Å². The summed E-state index contributed by atoms with van der Waals surface area (Å²) >= 11 is 0. The number of nitrogens with one attached hydrogen (secondary N) is 1. The van der Waals surface area contributed by atoms with Crippen molar-refractivity contribution in [3.05, 3.63) is 18.0 Å². The Morgan fingerprint density at radius 2 is 2.13 bits per heavy atom. The summed E-state index contributed by atoms with van der Waals surface area (Å²) < 4.78 is 4.92. The summed E-state index contributed by atoms with van der Waals surface area (Å²) in [6.07, 6.45) is 2.72. The van der Waals surface area contributed by atoms with E-state index in [9.17, 15) is 0 Å². The van der Waals surface area contributed by atoms with Crippen LogP contribution in [-0.2, 0) is 4.74 Å². The Kier molecular flexibility index (Phi) is 8.67. The van der Waals surface area contributed by atoms with Gasteiger partial charge in [-0.3, -0.25) is 0 Å². The van der Waals surface area contributed by atoms with Crippen LogP contribution < -0.4 is 5.32 Å². The number of methoxy groups -OCH3 is 1. The Balaban J connectivity index is 0.000000921. The van der Waals surface area contributed by atoms with Crippen molar-refractivity contribution in [2.24, 2.45) is 0 Å². The van der Waals surface area contributed by atoms with Gasteiger partial charge in [-0.25, -0.2) is 9.97 Å². The normalized spacial score (nSPS) is 9.07. The molecule has 1 aromatic rings. The Morgan fingerprint density at radius 3 is 2.73 bits per heavy atom. The molecule has 0 spiro atoms. The summed E-state index contributed by atoms with van der Waals surface area (Å²) in [5.74, 6) is 0.691. The Labute approximate surface area is 92.1 Å². The van der Waals surface area contributed by atoms with E-state index in [4.69, 9.17) is 4.74 Å². The molecule has 0 aromatic carbocycles. The van der Waals surface area contributed by atoms with Crippen LogP contribution in [-0.4, -0.2) is 30.2 Å². The fourth-order valence-electron chi connectivity index (χ4n) is 0.951. The summed E-state index contributed by atoms with van der Waals surface area (Å²) in [5.41, 5.74) is 0.976. The van der Waals surface area contributed by atoms with Gasteiger partial charge in [0.1, 0.15) is 0 Å². The fraction of sp³-hybridized carbons (Fsp3) is 0.636. The maximum Gasteiger partial charge on any atom is 0.222 e. The predicted molar refractivity (Wildman–Crippen MR) is 63.1 cm³/mol. The highest BCUT2D eigenvalue weighted by Gasteiger charge is 1.93.